The number of carbonyl (C=O) groups is 1. The first-order valence-corrected chi connectivity index (χ1v) is 8.96. The third-order valence-electron chi connectivity index (χ3n) is 4.71. The number of nitrogens with zero attached hydrogens (tertiary/aromatic N) is 2. The molecular weight excluding hydrogens is 359 g/mol. The van der Waals surface area contributed by atoms with E-state index in [1.807, 2.05) is 24.3 Å². The van der Waals surface area contributed by atoms with Crippen LogP contribution < -0.4 is 9.47 Å². The first-order valence-electron chi connectivity index (χ1n) is 8.96. The number of nitriles is 1. The minimum atomic E-state index is -1.32. The second-order valence-corrected chi connectivity index (χ2v) is 6.51. The van der Waals surface area contributed by atoms with Gasteiger partial charge >= 0.3 is 0 Å². The Morgan fingerprint density at radius 3 is 2.82 bits per heavy atom. The number of benzene rings is 2. The summed E-state index contributed by atoms with van der Waals surface area (Å²) >= 11 is 0. The van der Waals surface area contributed by atoms with Crippen molar-refractivity contribution in [3.05, 3.63) is 60.7 Å². The Bertz CT molecular complexity index is 922. The van der Waals surface area contributed by atoms with Crippen molar-refractivity contribution in [2.45, 2.75) is 18.7 Å². The van der Waals surface area contributed by atoms with E-state index < -0.39 is 12.3 Å². The third-order valence-corrected chi connectivity index (χ3v) is 4.71. The molecule has 1 heterocycles. The van der Waals surface area contributed by atoms with Crippen molar-refractivity contribution in [1.29, 1.82) is 5.26 Å². The van der Waals surface area contributed by atoms with E-state index in [2.05, 4.69) is 12.6 Å². The van der Waals surface area contributed by atoms with E-state index in [0.29, 0.717) is 30.0 Å². The van der Waals surface area contributed by atoms with Crippen LogP contribution in [0.4, 0.5) is 4.39 Å². The van der Waals surface area contributed by atoms with Crippen molar-refractivity contribution in [3.63, 3.8) is 0 Å². The highest BCUT2D eigenvalue weighted by Crippen LogP contribution is 2.33. The molecule has 2 aromatic carbocycles. The summed E-state index contributed by atoms with van der Waals surface area (Å²) < 4.78 is 25.8. The van der Waals surface area contributed by atoms with Gasteiger partial charge in [-0.3, -0.25) is 4.79 Å². The summed E-state index contributed by atoms with van der Waals surface area (Å²) in [6.07, 6.45) is -0.461. The summed E-state index contributed by atoms with van der Waals surface area (Å²) in [5.74, 6) is 0.797. The van der Waals surface area contributed by atoms with Crippen molar-refractivity contribution < 1.29 is 18.7 Å². The molecule has 0 N–H and O–H groups in total. The van der Waals surface area contributed by atoms with E-state index in [1.54, 1.807) is 25.3 Å². The van der Waals surface area contributed by atoms with Crippen LogP contribution in [0.15, 0.2) is 55.1 Å². The predicted molar refractivity (Wildman–Crippen MR) is 104 cm³/mol. The smallest absolute Gasteiger partial charge is 0.246 e. The fourth-order valence-corrected chi connectivity index (χ4v) is 3.29. The van der Waals surface area contributed by atoms with Crippen LogP contribution in [0.1, 0.15) is 12.0 Å². The Morgan fingerprint density at radius 2 is 2.14 bits per heavy atom. The van der Waals surface area contributed by atoms with Crippen LogP contribution in [0.25, 0.3) is 11.1 Å². The zero-order valence-corrected chi connectivity index (χ0v) is 15.6. The summed E-state index contributed by atoms with van der Waals surface area (Å²) in [6.45, 7) is 3.79. The van der Waals surface area contributed by atoms with Gasteiger partial charge in [0, 0.05) is 18.5 Å². The van der Waals surface area contributed by atoms with Crippen LogP contribution in [0.3, 0.4) is 0 Å². The topological polar surface area (TPSA) is 62.6 Å². The number of alkyl halides is 1. The minimum absolute atomic E-state index is 0.0349. The summed E-state index contributed by atoms with van der Waals surface area (Å²) in [4.78, 5) is 13.1. The van der Waals surface area contributed by atoms with Gasteiger partial charge in [0.25, 0.3) is 0 Å². The molecule has 28 heavy (non-hydrogen) atoms. The Balaban J connectivity index is 1.84. The number of likely N-dealkylation sites (tertiary alicyclic amines) is 1. The zero-order valence-electron chi connectivity index (χ0n) is 15.6. The van der Waals surface area contributed by atoms with Crippen LogP contribution in [0, 0.1) is 11.3 Å². The van der Waals surface area contributed by atoms with E-state index in [1.165, 1.54) is 11.0 Å². The van der Waals surface area contributed by atoms with Gasteiger partial charge < -0.3 is 14.4 Å². The molecule has 0 radical (unpaired) electrons. The lowest BCUT2D eigenvalue weighted by molar-refractivity contribution is -0.129. The van der Waals surface area contributed by atoms with Crippen LogP contribution in [-0.2, 0) is 4.79 Å². The van der Waals surface area contributed by atoms with Gasteiger partial charge in [-0.25, -0.2) is 4.39 Å². The average molecular weight is 380 g/mol. The van der Waals surface area contributed by atoms with E-state index in [0.717, 1.165) is 11.1 Å². The van der Waals surface area contributed by atoms with Gasteiger partial charge in [0.1, 0.15) is 17.6 Å². The van der Waals surface area contributed by atoms with Crippen LogP contribution in [0.5, 0.6) is 11.5 Å². The second-order valence-electron chi connectivity index (χ2n) is 6.51. The van der Waals surface area contributed by atoms with E-state index >= 15 is 0 Å². The molecule has 2 atom stereocenters. The van der Waals surface area contributed by atoms with Gasteiger partial charge in [-0.1, -0.05) is 24.8 Å². The van der Waals surface area contributed by atoms with E-state index in [9.17, 15) is 14.4 Å². The summed E-state index contributed by atoms with van der Waals surface area (Å²) in [5.41, 5.74) is 1.98. The fraction of sp³-hybridized carbons (Fsp3) is 0.273. The molecule has 5 nitrogen and oxygen atoms in total. The lowest BCUT2D eigenvalue weighted by Crippen LogP contribution is -2.48. The number of hydrogen-bond donors (Lipinski definition) is 0. The fourth-order valence-electron chi connectivity index (χ4n) is 3.29. The molecule has 0 aromatic heterocycles. The van der Waals surface area contributed by atoms with Gasteiger partial charge in [-0.15, -0.1) is 0 Å². The molecule has 1 fully saturated rings. The maximum Gasteiger partial charge on any atom is 0.246 e. The number of halogens is 1. The molecule has 6 heteroatoms. The van der Waals surface area contributed by atoms with Crippen LogP contribution in [0.2, 0.25) is 0 Å². The molecule has 2 aromatic rings. The minimum Gasteiger partial charge on any atom is -0.496 e. The zero-order chi connectivity index (χ0) is 20.1. The summed E-state index contributed by atoms with van der Waals surface area (Å²) in [6, 6.07) is 14.7. The monoisotopic (exact) mass is 380 g/mol. The van der Waals surface area contributed by atoms with Gasteiger partial charge in [-0.05, 0) is 35.9 Å². The number of carbonyl (C=O) groups excluding carboxylic acids is 1. The SMILES string of the molecule is C=CC(=O)N1CCC(Oc2cc(C#N)cc(-c3ccccc3OC)c2)C(F)C1. The van der Waals surface area contributed by atoms with Crippen molar-refractivity contribution in [1.82, 2.24) is 4.90 Å². The van der Waals surface area contributed by atoms with Gasteiger partial charge in [-0.2, -0.15) is 5.26 Å². The maximum absolute atomic E-state index is 14.6. The highest BCUT2D eigenvalue weighted by Gasteiger charge is 2.32. The van der Waals surface area contributed by atoms with Crippen LogP contribution in [-0.4, -0.2) is 43.3 Å². The standard InChI is InChI=1S/C22H21FN2O3/c1-3-22(26)25-9-8-21(19(23)14-25)28-17-11-15(13-24)10-16(12-17)18-6-4-5-7-20(18)27-2/h3-7,10-12,19,21H,1,8-9,14H2,2H3. The van der Waals surface area contributed by atoms with Gasteiger partial charge in [0.05, 0.1) is 25.3 Å². The molecular formula is C22H21FN2O3. The molecule has 1 aliphatic heterocycles. The molecule has 0 aliphatic carbocycles. The molecule has 0 saturated carbocycles. The highest BCUT2D eigenvalue weighted by molar-refractivity contribution is 5.87. The van der Waals surface area contributed by atoms with E-state index in [4.69, 9.17) is 9.47 Å². The first kappa shape index (κ1) is 19.4. The number of ether oxygens (including phenoxy) is 2. The van der Waals surface area contributed by atoms with Crippen LogP contribution >= 0.6 is 0 Å². The molecule has 0 spiro atoms. The Hall–Kier alpha value is -3.33. The van der Waals surface area contributed by atoms with Crippen molar-refractivity contribution in [2.75, 3.05) is 20.2 Å². The molecule has 3 rings (SSSR count). The second kappa shape index (κ2) is 8.57. The molecule has 0 bridgehead atoms. The number of para-hydroxylation sites is 1. The first-order chi connectivity index (χ1) is 13.5. The Morgan fingerprint density at radius 1 is 1.36 bits per heavy atom. The largest absolute Gasteiger partial charge is 0.496 e. The Kier molecular flexibility index (Phi) is 5.95. The molecule has 1 saturated heterocycles. The van der Waals surface area contributed by atoms with Gasteiger partial charge in [0.15, 0.2) is 6.17 Å². The maximum atomic E-state index is 14.6. The quantitative estimate of drug-likeness (QED) is 0.742. The Labute approximate surface area is 163 Å². The van der Waals surface area contributed by atoms with Crippen molar-refractivity contribution >= 4 is 5.91 Å². The number of rotatable bonds is 5. The van der Waals surface area contributed by atoms with Crippen molar-refractivity contribution in [3.8, 4) is 28.7 Å². The molecule has 144 valence electrons. The van der Waals surface area contributed by atoms with Gasteiger partial charge in [0.2, 0.25) is 5.91 Å². The number of piperidine rings is 1. The summed E-state index contributed by atoms with van der Waals surface area (Å²) in [5, 5.41) is 9.38. The molecule has 1 aliphatic rings. The number of hydrogen-bond acceptors (Lipinski definition) is 4. The lowest BCUT2D eigenvalue weighted by atomic mass is 10.0. The lowest BCUT2D eigenvalue weighted by Gasteiger charge is -2.34. The number of methoxy groups -OCH3 is 1. The van der Waals surface area contributed by atoms with E-state index in [-0.39, 0.29) is 12.5 Å². The molecule has 2 unspecified atom stereocenters. The van der Waals surface area contributed by atoms with Crippen molar-refractivity contribution in [2.24, 2.45) is 0 Å². The third kappa shape index (κ3) is 4.15. The average Bonchev–Trinajstić information content (AvgIpc) is 2.74. The predicted octanol–water partition coefficient (Wildman–Crippen LogP) is 3.74. The number of amides is 1. The normalized spacial score (nSPS) is 18.8. The highest BCUT2D eigenvalue weighted by atomic mass is 19.1. The molecule has 1 amide bonds. The summed E-state index contributed by atoms with van der Waals surface area (Å²) in [7, 11) is 1.58.